The van der Waals surface area contributed by atoms with Crippen LogP contribution in [0.3, 0.4) is 0 Å². The monoisotopic (exact) mass is 356 g/mol. The molecule has 0 aliphatic carbocycles. The predicted octanol–water partition coefficient (Wildman–Crippen LogP) is 4.26. The van der Waals surface area contributed by atoms with Gasteiger partial charge in [0.2, 0.25) is 0 Å². The van der Waals surface area contributed by atoms with Gasteiger partial charge in [0.25, 0.3) is 0 Å². The fourth-order valence-corrected chi connectivity index (χ4v) is 3.95. The van der Waals surface area contributed by atoms with Crippen LogP contribution in [0.1, 0.15) is 22.9 Å². The van der Waals surface area contributed by atoms with E-state index in [1.54, 1.807) is 12.1 Å². The van der Waals surface area contributed by atoms with Gasteiger partial charge in [-0.1, -0.05) is 29.8 Å². The molecule has 3 aromatic rings. The molecule has 1 saturated heterocycles. The van der Waals surface area contributed by atoms with Crippen molar-refractivity contribution in [1.29, 1.82) is 0 Å². The van der Waals surface area contributed by atoms with Gasteiger partial charge in [0, 0.05) is 45.8 Å². The van der Waals surface area contributed by atoms with Crippen LogP contribution in [0.4, 0.5) is 0 Å². The van der Waals surface area contributed by atoms with Crippen molar-refractivity contribution < 1.29 is 9.84 Å². The Labute approximate surface area is 152 Å². The number of nitrogens with zero attached hydrogens (tertiary/aromatic N) is 1. The Bertz CT molecular complexity index is 900. The first-order chi connectivity index (χ1) is 12.1. The van der Waals surface area contributed by atoms with E-state index in [9.17, 15) is 5.11 Å². The molecule has 0 spiro atoms. The van der Waals surface area contributed by atoms with Crippen LogP contribution in [-0.4, -0.2) is 41.3 Å². The van der Waals surface area contributed by atoms with Crippen molar-refractivity contribution in [3.8, 4) is 5.75 Å². The molecule has 0 radical (unpaired) electrons. The minimum Gasteiger partial charge on any atom is -0.508 e. The van der Waals surface area contributed by atoms with Gasteiger partial charge in [-0.25, -0.2) is 0 Å². The summed E-state index contributed by atoms with van der Waals surface area (Å²) < 4.78 is 5.54. The Kier molecular flexibility index (Phi) is 4.42. The zero-order valence-corrected chi connectivity index (χ0v) is 14.9. The quantitative estimate of drug-likeness (QED) is 0.737. The van der Waals surface area contributed by atoms with Crippen LogP contribution < -0.4 is 0 Å². The van der Waals surface area contributed by atoms with Gasteiger partial charge in [0.05, 0.1) is 19.3 Å². The molecule has 1 fully saturated rings. The predicted molar refractivity (Wildman–Crippen MR) is 100 cm³/mol. The third-order valence-electron chi connectivity index (χ3n) is 4.91. The highest BCUT2D eigenvalue weighted by Crippen LogP contribution is 2.40. The van der Waals surface area contributed by atoms with Crippen LogP contribution in [0, 0.1) is 6.92 Å². The number of ether oxygens (including phenoxy) is 1. The molecule has 130 valence electrons. The topological polar surface area (TPSA) is 48.5 Å². The molecule has 1 aliphatic rings. The first-order valence-corrected chi connectivity index (χ1v) is 8.90. The molecule has 5 heteroatoms. The SMILES string of the molecule is Cc1[nH]c2ccccc2c1[C@@H](c1cc(Cl)ccc1O)N1CCOCC1. The Morgan fingerprint density at radius 2 is 1.92 bits per heavy atom. The van der Waals surface area contributed by atoms with E-state index in [1.807, 2.05) is 18.2 Å². The van der Waals surface area contributed by atoms with Crippen LogP contribution in [0.5, 0.6) is 5.75 Å². The number of aromatic amines is 1. The lowest BCUT2D eigenvalue weighted by molar-refractivity contribution is 0.0237. The first kappa shape index (κ1) is 16.5. The van der Waals surface area contributed by atoms with Gasteiger partial charge < -0.3 is 14.8 Å². The van der Waals surface area contributed by atoms with Gasteiger partial charge in [-0.05, 0) is 31.2 Å². The van der Waals surface area contributed by atoms with Crippen molar-refractivity contribution in [3.63, 3.8) is 0 Å². The van der Waals surface area contributed by atoms with Gasteiger partial charge in [-0.3, -0.25) is 4.90 Å². The highest BCUT2D eigenvalue weighted by molar-refractivity contribution is 6.30. The van der Waals surface area contributed by atoms with Crippen LogP contribution in [-0.2, 0) is 4.74 Å². The molecule has 0 saturated carbocycles. The number of nitrogens with one attached hydrogen (secondary N) is 1. The smallest absolute Gasteiger partial charge is 0.120 e. The number of H-pyrrole nitrogens is 1. The Morgan fingerprint density at radius 1 is 1.16 bits per heavy atom. The summed E-state index contributed by atoms with van der Waals surface area (Å²) in [6.45, 7) is 5.11. The molecule has 2 aromatic carbocycles. The third kappa shape index (κ3) is 3.01. The average molecular weight is 357 g/mol. The zero-order valence-electron chi connectivity index (χ0n) is 14.1. The zero-order chi connectivity index (χ0) is 17.4. The fraction of sp³-hybridized carbons (Fsp3) is 0.300. The second kappa shape index (κ2) is 6.71. The molecule has 0 unspecified atom stereocenters. The molecule has 4 rings (SSSR count). The highest BCUT2D eigenvalue weighted by atomic mass is 35.5. The second-order valence-corrected chi connectivity index (χ2v) is 6.90. The minimum atomic E-state index is -0.0706. The van der Waals surface area contributed by atoms with Crippen molar-refractivity contribution in [3.05, 3.63) is 64.3 Å². The number of phenols is 1. The van der Waals surface area contributed by atoms with Gasteiger partial charge in [-0.2, -0.15) is 0 Å². The van der Waals surface area contributed by atoms with Crippen molar-refractivity contribution in [2.75, 3.05) is 26.3 Å². The number of hydrogen-bond donors (Lipinski definition) is 2. The second-order valence-electron chi connectivity index (χ2n) is 6.46. The summed E-state index contributed by atoms with van der Waals surface area (Å²) >= 11 is 6.26. The minimum absolute atomic E-state index is 0.0706. The normalized spacial score (nSPS) is 17.0. The van der Waals surface area contributed by atoms with E-state index >= 15 is 0 Å². The summed E-state index contributed by atoms with van der Waals surface area (Å²) in [5.41, 5.74) is 4.24. The lowest BCUT2D eigenvalue weighted by Gasteiger charge is -2.35. The Hall–Kier alpha value is -2.01. The molecule has 25 heavy (non-hydrogen) atoms. The van der Waals surface area contributed by atoms with E-state index in [1.165, 1.54) is 10.9 Å². The number of aromatic hydroxyl groups is 1. The standard InChI is InChI=1S/C20H21ClN2O2/c1-13-19(15-4-2-3-5-17(15)22-13)20(23-8-10-25-11-9-23)16-12-14(21)6-7-18(16)24/h2-7,12,20,22,24H,8-11H2,1H3/t20-/m1/s1. The number of halogens is 1. The van der Waals surface area contributed by atoms with Gasteiger partial charge in [0.15, 0.2) is 0 Å². The van der Waals surface area contributed by atoms with Gasteiger partial charge >= 0.3 is 0 Å². The summed E-state index contributed by atoms with van der Waals surface area (Å²) in [7, 11) is 0. The van der Waals surface area contributed by atoms with Crippen LogP contribution >= 0.6 is 11.6 Å². The summed E-state index contributed by atoms with van der Waals surface area (Å²) in [6.07, 6.45) is 0. The maximum Gasteiger partial charge on any atom is 0.120 e. The van der Waals surface area contributed by atoms with E-state index in [0.717, 1.165) is 29.9 Å². The third-order valence-corrected chi connectivity index (χ3v) is 5.15. The van der Waals surface area contributed by atoms with Crippen LogP contribution in [0.25, 0.3) is 10.9 Å². The summed E-state index contributed by atoms with van der Waals surface area (Å²) in [6, 6.07) is 13.5. The molecule has 4 nitrogen and oxygen atoms in total. The highest BCUT2D eigenvalue weighted by Gasteiger charge is 2.30. The molecule has 0 amide bonds. The number of hydrogen-bond acceptors (Lipinski definition) is 3. The lowest BCUT2D eigenvalue weighted by atomic mass is 9.93. The molecule has 1 aliphatic heterocycles. The van der Waals surface area contributed by atoms with Crippen molar-refractivity contribution in [2.24, 2.45) is 0 Å². The molecule has 2 N–H and O–H groups in total. The summed E-state index contributed by atoms with van der Waals surface area (Å²) in [5, 5.41) is 12.4. The van der Waals surface area contributed by atoms with Crippen molar-refractivity contribution >= 4 is 22.5 Å². The van der Waals surface area contributed by atoms with E-state index in [-0.39, 0.29) is 11.8 Å². The van der Waals surface area contributed by atoms with E-state index in [4.69, 9.17) is 16.3 Å². The van der Waals surface area contributed by atoms with E-state index in [2.05, 4.69) is 28.9 Å². The lowest BCUT2D eigenvalue weighted by Crippen LogP contribution is -2.39. The summed E-state index contributed by atoms with van der Waals surface area (Å²) in [5.74, 6) is 0.269. The van der Waals surface area contributed by atoms with E-state index < -0.39 is 0 Å². The van der Waals surface area contributed by atoms with E-state index in [0.29, 0.717) is 18.2 Å². The number of aromatic nitrogens is 1. The fourth-order valence-electron chi connectivity index (χ4n) is 3.77. The number of rotatable bonds is 3. The Balaban J connectivity index is 1.93. The molecule has 1 atom stereocenters. The Morgan fingerprint density at radius 3 is 2.72 bits per heavy atom. The van der Waals surface area contributed by atoms with Crippen LogP contribution in [0.2, 0.25) is 5.02 Å². The molecular weight excluding hydrogens is 336 g/mol. The number of morpholine rings is 1. The van der Waals surface area contributed by atoms with Gasteiger partial charge in [-0.15, -0.1) is 0 Å². The first-order valence-electron chi connectivity index (χ1n) is 8.52. The maximum atomic E-state index is 10.6. The average Bonchev–Trinajstić information content (AvgIpc) is 2.95. The summed E-state index contributed by atoms with van der Waals surface area (Å²) in [4.78, 5) is 5.84. The molecular formula is C20H21ClN2O2. The number of phenolic OH excluding ortho intramolecular Hbond substituents is 1. The van der Waals surface area contributed by atoms with Crippen molar-refractivity contribution in [2.45, 2.75) is 13.0 Å². The molecule has 0 bridgehead atoms. The molecule has 1 aromatic heterocycles. The van der Waals surface area contributed by atoms with Gasteiger partial charge in [0.1, 0.15) is 5.75 Å². The van der Waals surface area contributed by atoms with Crippen molar-refractivity contribution in [1.82, 2.24) is 9.88 Å². The largest absolute Gasteiger partial charge is 0.508 e. The number of aryl methyl sites for hydroxylation is 1. The van der Waals surface area contributed by atoms with Crippen LogP contribution in [0.15, 0.2) is 42.5 Å². The number of para-hydroxylation sites is 1. The number of fused-ring (bicyclic) bond motifs is 1. The number of benzene rings is 2. The maximum absolute atomic E-state index is 10.6. The molecule has 2 heterocycles.